The van der Waals surface area contributed by atoms with Crippen molar-refractivity contribution in [3.05, 3.63) is 34.4 Å². The van der Waals surface area contributed by atoms with Gasteiger partial charge in [-0.3, -0.25) is 14.9 Å². The van der Waals surface area contributed by atoms with E-state index >= 15 is 0 Å². The van der Waals surface area contributed by atoms with Crippen molar-refractivity contribution in [2.75, 3.05) is 6.61 Å². The monoisotopic (exact) mass is 430 g/mol. The number of carboxylic acids is 1. The summed E-state index contributed by atoms with van der Waals surface area (Å²) >= 11 is 0. The van der Waals surface area contributed by atoms with Crippen LogP contribution in [0.5, 0.6) is 5.75 Å². The minimum atomic E-state index is -2.56. The zero-order valence-corrected chi connectivity index (χ0v) is 15.7. The molecule has 0 aromatic heterocycles. The molecule has 2 rings (SSSR count). The Balaban J connectivity index is 2.40. The lowest BCUT2D eigenvalue weighted by molar-refractivity contribution is -0.384. The van der Waals surface area contributed by atoms with Crippen molar-refractivity contribution >= 4 is 17.6 Å². The summed E-state index contributed by atoms with van der Waals surface area (Å²) in [6.07, 6.45) is -7.65. The van der Waals surface area contributed by atoms with E-state index in [0.29, 0.717) is 0 Å². The molecular formula is C17H22N2O11. The lowest BCUT2D eigenvalue weighted by atomic mass is 9.88. The first kappa shape index (κ1) is 23.4. The molecule has 1 saturated heterocycles. The Hall–Kier alpha value is -2.84. The number of rotatable bonds is 8. The van der Waals surface area contributed by atoms with Gasteiger partial charge in [0.2, 0.25) is 5.91 Å². The van der Waals surface area contributed by atoms with Gasteiger partial charge >= 0.3 is 11.8 Å². The molecule has 1 fully saturated rings. The number of aliphatic hydroxyl groups is 4. The molecule has 0 aliphatic carbocycles. The van der Waals surface area contributed by atoms with Crippen molar-refractivity contribution in [3.63, 3.8) is 0 Å². The summed E-state index contributed by atoms with van der Waals surface area (Å²) in [5.41, 5.74) is -0.276. The highest BCUT2D eigenvalue weighted by molar-refractivity contribution is 5.77. The van der Waals surface area contributed by atoms with Crippen LogP contribution in [0.25, 0.3) is 0 Å². The van der Waals surface area contributed by atoms with Gasteiger partial charge in [0.05, 0.1) is 30.1 Å². The van der Waals surface area contributed by atoms with E-state index in [1.165, 1.54) is 0 Å². The summed E-state index contributed by atoms with van der Waals surface area (Å²) in [6.45, 7) is 0.207. The third-order valence-corrected chi connectivity index (χ3v) is 4.52. The molecule has 6 N–H and O–H groups in total. The number of non-ortho nitro benzene ring substituents is 1. The number of ether oxygens (including phenoxy) is 2. The number of hydrogen-bond donors (Lipinski definition) is 6. The second kappa shape index (κ2) is 9.32. The van der Waals surface area contributed by atoms with Crippen LogP contribution in [0.3, 0.4) is 0 Å². The number of amides is 1. The summed E-state index contributed by atoms with van der Waals surface area (Å²) in [4.78, 5) is 33.5. The van der Waals surface area contributed by atoms with Gasteiger partial charge in [0, 0.05) is 19.1 Å². The van der Waals surface area contributed by atoms with Crippen molar-refractivity contribution in [1.29, 1.82) is 0 Å². The minimum Gasteiger partial charge on any atom is -0.476 e. The Labute approximate surface area is 169 Å². The van der Waals surface area contributed by atoms with E-state index in [9.17, 15) is 40.1 Å². The Bertz CT molecular complexity index is 786. The van der Waals surface area contributed by atoms with Crippen molar-refractivity contribution in [2.45, 2.75) is 49.6 Å². The smallest absolute Gasteiger partial charge is 0.377 e. The molecule has 0 radical (unpaired) electrons. The molecule has 1 heterocycles. The first-order valence-corrected chi connectivity index (χ1v) is 8.77. The van der Waals surface area contributed by atoms with Crippen LogP contribution < -0.4 is 10.1 Å². The lowest BCUT2D eigenvalue weighted by Crippen LogP contribution is -2.68. The van der Waals surface area contributed by atoms with Gasteiger partial charge in [0.15, 0.2) is 0 Å². The highest BCUT2D eigenvalue weighted by atomic mass is 16.7. The van der Waals surface area contributed by atoms with Gasteiger partial charge in [-0.15, -0.1) is 0 Å². The summed E-state index contributed by atoms with van der Waals surface area (Å²) < 4.78 is 10.8. The van der Waals surface area contributed by atoms with Crippen LogP contribution in [0.2, 0.25) is 0 Å². The van der Waals surface area contributed by atoms with E-state index < -0.39 is 66.1 Å². The summed E-state index contributed by atoms with van der Waals surface area (Å²) in [5.74, 6) is -5.04. The van der Waals surface area contributed by atoms with E-state index in [2.05, 4.69) is 5.32 Å². The van der Waals surface area contributed by atoms with Crippen LogP contribution in [0.15, 0.2) is 24.3 Å². The van der Waals surface area contributed by atoms with Crippen LogP contribution in [0.4, 0.5) is 5.69 Å². The normalized spacial score (nSPS) is 28.2. The van der Waals surface area contributed by atoms with Crippen LogP contribution in [-0.4, -0.2) is 85.2 Å². The zero-order valence-electron chi connectivity index (χ0n) is 15.7. The molecule has 1 aliphatic heterocycles. The highest BCUT2D eigenvalue weighted by Crippen LogP contribution is 2.35. The summed E-state index contributed by atoms with van der Waals surface area (Å²) in [7, 11) is 0. The number of hydrogen-bond acceptors (Lipinski definition) is 10. The molecule has 6 unspecified atom stereocenters. The van der Waals surface area contributed by atoms with Gasteiger partial charge < -0.3 is 40.3 Å². The average molecular weight is 430 g/mol. The Morgan fingerprint density at radius 3 is 2.43 bits per heavy atom. The predicted octanol–water partition coefficient (Wildman–Crippen LogP) is -1.88. The highest BCUT2D eigenvalue weighted by Gasteiger charge is 2.56. The molecule has 0 spiro atoms. The summed E-state index contributed by atoms with van der Waals surface area (Å²) in [5, 5.41) is 62.5. The molecule has 13 nitrogen and oxygen atoms in total. The molecule has 166 valence electrons. The number of nitrogens with one attached hydrogen (secondary N) is 1. The minimum absolute atomic E-state index is 0.149. The van der Waals surface area contributed by atoms with Crippen LogP contribution >= 0.6 is 0 Å². The SMILES string of the molecule is CC(=O)NC1C(O)CC(Oc2ccc([N+](=O)[O-])cc2)(C(=O)O)OC1C(O)C(O)CO. The zero-order chi connectivity index (χ0) is 22.6. The van der Waals surface area contributed by atoms with E-state index in [0.717, 1.165) is 31.2 Å². The topological polar surface area (TPSA) is 209 Å². The Morgan fingerprint density at radius 2 is 1.97 bits per heavy atom. The molecule has 1 amide bonds. The third kappa shape index (κ3) is 5.01. The fourth-order valence-electron chi connectivity index (χ4n) is 3.06. The molecule has 0 bridgehead atoms. The van der Waals surface area contributed by atoms with Crippen molar-refractivity contribution in [2.24, 2.45) is 0 Å². The number of aliphatic carboxylic acids is 1. The molecule has 6 atom stereocenters. The van der Waals surface area contributed by atoms with Crippen LogP contribution in [-0.2, 0) is 14.3 Å². The predicted molar refractivity (Wildman–Crippen MR) is 96.3 cm³/mol. The number of nitro groups is 1. The van der Waals surface area contributed by atoms with E-state index in [-0.39, 0.29) is 11.4 Å². The third-order valence-electron chi connectivity index (χ3n) is 4.52. The van der Waals surface area contributed by atoms with Gasteiger partial charge in [-0.2, -0.15) is 0 Å². The lowest BCUT2D eigenvalue weighted by Gasteiger charge is -2.46. The average Bonchev–Trinajstić information content (AvgIpc) is 2.68. The molecule has 13 heteroatoms. The number of nitrogens with zero attached hydrogens (tertiary/aromatic N) is 1. The Morgan fingerprint density at radius 1 is 1.37 bits per heavy atom. The number of benzene rings is 1. The molecule has 1 aliphatic rings. The number of carbonyl (C=O) groups excluding carboxylic acids is 1. The van der Waals surface area contributed by atoms with Crippen molar-refractivity contribution in [1.82, 2.24) is 5.32 Å². The van der Waals surface area contributed by atoms with Gasteiger partial charge in [-0.1, -0.05) is 0 Å². The molecular weight excluding hydrogens is 408 g/mol. The molecule has 1 aromatic carbocycles. The Kier molecular flexibility index (Phi) is 7.28. The molecule has 30 heavy (non-hydrogen) atoms. The van der Waals surface area contributed by atoms with Crippen molar-refractivity contribution < 1.29 is 49.5 Å². The quantitative estimate of drug-likeness (QED) is 0.199. The fourth-order valence-corrected chi connectivity index (χ4v) is 3.06. The van der Waals surface area contributed by atoms with Crippen molar-refractivity contribution in [3.8, 4) is 5.75 Å². The largest absolute Gasteiger partial charge is 0.476 e. The van der Waals surface area contributed by atoms with Gasteiger partial charge in [0.1, 0.15) is 24.1 Å². The van der Waals surface area contributed by atoms with Gasteiger partial charge in [-0.25, -0.2) is 4.79 Å². The fraction of sp³-hybridized carbons (Fsp3) is 0.529. The molecule has 0 saturated carbocycles. The number of carbonyl (C=O) groups is 2. The maximum absolute atomic E-state index is 12.0. The van der Waals surface area contributed by atoms with E-state index in [1.54, 1.807) is 0 Å². The van der Waals surface area contributed by atoms with E-state index in [1.807, 2.05) is 0 Å². The second-order valence-corrected chi connectivity index (χ2v) is 6.73. The standard InChI is InChI=1S/C17H22N2O11/c1-8(21)18-13-11(22)6-17(16(25)26,30-15(13)14(24)12(23)7-20)29-10-4-2-9(3-5-10)19(27)28/h2-5,11-15,20,22-24H,6-7H2,1H3,(H,18,21)(H,25,26). The van der Waals surface area contributed by atoms with E-state index in [4.69, 9.17) is 14.6 Å². The maximum Gasteiger partial charge on any atom is 0.377 e. The second-order valence-electron chi connectivity index (χ2n) is 6.73. The number of carboxylic acid groups (broad SMARTS) is 1. The first-order chi connectivity index (χ1) is 14.0. The van der Waals surface area contributed by atoms with Gasteiger partial charge in [-0.05, 0) is 12.1 Å². The first-order valence-electron chi connectivity index (χ1n) is 8.77. The summed E-state index contributed by atoms with van der Waals surface area (Å²) in [6, 6.07) is 3.03. The maximum atomic E-state index is 12.0. The van der Waals surface area contributed by atoms with Gasteiger partial charge in [0.25, 0.3) is 5.69 Å². The van der Waals surface area contributed by atoms with Crippen LogP contribution in [0.1, 0.15) is 13.3 Å². The van der Waals surface area contributed by atoms with Crippen LogP contribution in [0, 0.1) is 10.1 Å². The molecule has 1 aromatic rings. The number of aliphatic hydroxyl groups excluding tert-OH is 4. The number of nitro benzene ring substituents is 1.